The highest BCUT2D eigenvalue weighted by Crippen LogP contribution is 2.23. The molecule has 0 aromatic carbocycles. The number of ether oxygens (including phenoxy) is 2. The second kappa shape index (κ2) is 62.3. The Morgan fingerprint density at radius 1 is 0.412 bits per heavy atom. The van der Waals surface area contributed by atoms with Gasteiger partial charge in [0.2, 0.25) is 5.91 Å². The molecular formula is C76H121NO8. The van der Waals surface area contributed by atoms with Crippen LogP contribution in [0.25, 0.3) is 0 Å². The van der Waals surface area contributed by atoms with Crippen LogP contribution < -0.4 is 5.32 Å². The Morgan fingerprint density at radius 2 is 0.741 bits per heavy atom. The predicted octanol–water partition coefficient (Wildman–Crippen LogP) is 18.3. The number of rotatable bonds is 55. The molecule has 0 bridgehead atoms. The highest BCUT2D eigenvalue weighted by Gasteiger charge is 2.44. The summed E-state index contributed by atoms with van der Waals surface area (Å²) >= 11 is 0. The molecule has 9 nitrogen and oxygen atoms in total. The molecule has 1 fully saturated rings. The average molecular weight is 1180 g/mol. The molecular weight excluding hydrogens is 1050 g/mol. The first-order valence-corrected chi connectivity index (χ1v) is 33.5. The summed E-state index contributed by atoms with van der Waals surface area (Å²) in [7, 11) is 0. The second-order valence-electron chi connectivity index (χ2n) is 22.2. The molecule has 0 aromatic rings. The van der Waals surface area contributed by atoms with E-state index in [1.807, 2.05) is 6.08 Å². The fourth-order valence-corrected chi connectivity index (χ4v) is 9.23. The molecule has 1 heterocycles. The molecule has 6 N–H and O–H groups in total. The summed E-state index contributed by atoms with van der Waals surface area (Å²) < 4.78 is 11.3. The van der Waals surface area contributed by atoms with Crippen molar-refractivity contribution in [2.24, 2.45) is 0 Å². The second-order valence-corrected chi connectivity index (χ2v) is 22.2. The number of hydrogen-bond acceptors (Lipinski definition) is 8. The van der Waals surface area contributed by atoms with Gasteiger partial charge >= 0.3 is 0 Å². The Hall–Kier alpha value is -4.71. The van der Waals surface area contributed by atoms with Gasteiger partial charge < -0.3 is 40.3 Å². The summed E-state index contributed by atoms with van der Waals surface area (Å²) in [5.74, 6) is -0.240. The Labute approximate surface area is 519 Å². The monoisotopic (exact) mass is 1180 g/mol. The number of hydrogen-bond donors (Lipinski definition) is 6. The molecule has 0 aliphatic carbocycles. The molecule has 478 valence electrons. The molecule has 1 rings (SSSR count). The lowest BCUT2D eigenvalue weighted by molar-refractivity contribution is -0.302. The van der Waals surface area contributed by atoms with E-state index in [4.69, 9.17) is 9.47 Å². The molecule has 1 aliphatic heterocycles. The summed E-state index contributed by atoms with van der Waals surface area (Å²) in [6.45, 7) is 3.61. The van der Waals surface area contributed by atoms with Gasteiger partial charge in [-0.2, -0.15) is 0 Å². The topological polar surface area (TPSA) is 149 Å². The van der Waals surface area contributed by atoms with Gasteiger partial charge in [0.15, 0.2) is 6.29 Å². The van der Waals surface area contributed by atoms with Crippen LogP contribution in [-0.2, 0) is 14.3 Å². The maximum atomic E-state index is 13.1. The quantitative estimate of drug-likeness (QED) is 0.0261. The van der Waals surface area contributed by atoms with E-state index in [9.17, 15) is 30.3 Å². The van der Waals surface area contributed by atoms with Crippen LogP contribution in [0.1, 0.15) is 232 Å². The summed E-state index contributed by atoms with van der Waals surface area (Å²) in [4.78, 5) is 13.1. The number of carbonyl (C=O) groups is 1. The van der Waals surface area contributed by atoms with E-state index in [1.165, 1.54) is 83.5 Å². The van der Waals surface area contributed by atoms with Crippen LogP contribution in [0.2, 0.25) is 0 Å². The molecule has 0 radical (unpaired) electrons. The summed E-state index contributed by atoms with van der Waals surface area (Å²) in [5.41, 5.74) is 0. The van der Waals surface area contributed by atoms with Gasteiger partial charge in [-0.15, -0.1) is 0 Å². The van der Waals surface area contributed by atoms with E-state index >= 15 is 0 Å². The molecule has 0 saturated carbocycles. The van der Waals surface area contributed by atoms with Gasteiger partial charge in [-0.05, 0) is 135 Å². The molecule has 1 amide bonds. The maximum absolute atomic E-state index is 13.1. The van der Waals surface area contributed by atoms with E-state index in [0.717, 1.165) is 116 Å². The van der Waals surface area contributed by atoms with Crippen molar-refractivity contribution in [1.29, 1.82) is 0 Å². The van der Waals surface area contributed by atoms with Crippen LogP contribution in [0.4, 0.5) is 0 Å². The molecule has 1 aliphatic rings. The molecule has 0 aromatic heterocycles. The molecule has 85 heavy (non-hydrogen) atoms. The van der Waals surface area contributed by atoms with Gasteiger partial charge in [0, 0.05) is 6.42 Å². The molecule has 9 heteroatoms. The number of amides is 1. The molecule has 0 spiro atoms. The van der Waals surface area contributed by atoms with Crippen molar-refractivity contribution in [2.45, 2.75) is 275 Å². The van der Waals surface area contributed by atoms with Crippen LogP contribution in [-0.4, -0.2) is 87.5 Å². The Kier molecular flexibility index (Phi) is 57.4. The number of aliphatic hydroxyl groups is 5. The third-order valence-corrected chi connectivity index (χ3v) is 14.4. The Bertz CT molecular complexity index is 1990. The van der Waals surface area contributed by atoms with Crippen LogP contribution in [0.3, 0.4) is 0 Å². The van der Waals surface area contributed by atoms with Crippen LogP contribution >= 0.6 is 0 Å². The van der Waals surface area contributed by atoms with Crippen molar-refractivity contribution in [3.8, 4) is 0 Å². The zero-order chi connectivity index (χ0) is 61.4. The number of allylic oxidation sites excluding steroid dienone is 29. The lowest BCUT2D eigenvalue weighted by Gasteiger charge is -2.40. The van der Waals surface area contributed by atoms with Gasteiger partial charge in [-0.3, -0.25) is 4.79 Å². The van der Waals surface area contributed by atoms with Gasteiger partial charge in [0.05, 0.1) is 25.4 Å². The Morgan fingerprint density at radius 3 is 1.13 bits per heavy atom. The van der Waals surface area contributed by atoms with E-state index in [0.29, 0.717) is 12.8 Å². The van der Waals surface area contributed by atoms with Crippen molar-refractivity contribution in [2.75, 3.05) is 13.2 Å². The zero-order valence-corrected chi connectivity index (χ0v) is 53.3. The fraction of sp³-hybridized carbons (Fsp3) is 0.592. The molecule has 7 unspecified atom stereocenters. The first-order valence-electron chi connectivity index (χ1n) is 33.5. The van der Waals surface area contributed by atoms with Crippen molar-refractivity contribution in [3.05, 3.63) is 182 Å². The fourth-order valence-electron chi connectivity index (χ4n) is 9.23. The molecule has 1 saturated heterocycles. The number of aliphatic hydroxyl groups excluding tert-OH is 5. The van der Waals surface area contributed by atoms with Crippen LogP contribution in [0, 0.1) is 0 Å². The normalized spacial score (nSPS) is 19.4. The van der Waals surface area contributed by atoms with Crippen LogP contribution in [0.15, 0.2) is 182 Å². The first kappa shape index (κ1) is 78.3. The van der Waals surface area contributed by atoms with Gasteiger partial charge in [0.25, 0.3) is 0 Å². The minimum atomic E-state index is -1.60. The van der Waals surface area contributed by atoms with Crippen molar-refractivity contribution in [1.82, 2.24) is 5.32 Å². The standard InChI is InChI=1S/C76H121NO8/c1-3-5-7-9-11-13-15-17-19-21-23-25-27-28-29-30-31-32-33-34-35-36-37-38-39-40-41-42-44-46-48-50-52-54-56-58-60-62-64-66-72(80)77-69(68-84-76-75(83)74(82)73(81)71(67-78)85-76)70(79)65-63-61-59-57-55-53-51-49-47-45-43-26-24-22-20-18-16-14-12-10-8-6-4-2/h5,7,11,13,17,19,23,25,28-29,31-32,34-35,37-38,40-41,44,46-47,49-50,52,55-58,63,65,69-71,73-76,78-79,81-83H,3-4,6,8-10,12,14-16,18,20-22,24,26-27,30,33,36,39,42-43,45,48,51,53-54,59-62,64,66-68H2,1-2H3,(H,77,80)/b7-5-,13-11-,19-17-,25-23-,29-28-,32-31-,35-34-,38-37-,41-40-,46-44-,49-47+,52-50-,57-55+,58-56-,65-63+. The zero-order valence-electron chi connectivity index (χ0n) is 53.3. The minimum absolute atomic E-state index is 0.236. The first-order chi connectivity index (χ1) is 41.8. The SMILES string of the molecule is CC/C=C\C/C=C\C/C=C\C/C=C\C/C=C\C/C=C\C/C=C\C/C=C\C/C=C\C/C=C\C/C=C\C/C=C\CCCCC(=O)NC(COC1OC(CO)C(O)C(O)C1O)C(O)/C=C/CC/C=C/CC/C=C/CCCCCCCCCCCCCCC. The third kappa shape index (κ3) is 51.1. The van der Waals surface area contributed by atoms with E-state index in [2.05, 4.69) is 189 Å². The lowest BCUT2D eigenvalue weighted by atomic mass is 9.99. The maximum Gasteiger partial charge on any atom is 0.220 e. The third-order valence-electron chi connectivity index (χ3n) is 14.4. The lowest BCUT2D eigenvalue weighted by Crippen LogP contribution is -2.60. The highest BCUT2D eigenvalue weighted by molar-refractivity contribution is 5.76. The molecule has 7 atom stereocenters. The Balaban J connectivity index is 2.26. The van der Waals surface area contributed by atoms with Gasteiger partial charge in [-0.25, -0.2) is 0 Å². The smallest absolute Gasteiger partial charge is 0.220 e. The number of unbranched alkanes of at least 4 members (excludes halogenated alkanes) is 17. The predicted molar refractivity (Wildman–Crippen MR) is 363 cm³/mol. The van der Waals surface area contributed by atoms with E-state index < -0.39 is 49.5 Å². The van der Waals surface area contributed by atoms with E-state index in [-0.39, 0.29) is 18.9 Å². The number of carbonyl (C=O) groups excluding carboxylic acids is 1. The van der Waals surface area contributed by atoms with Gasteiger partial charge in [0.1, 0.15) is 24.4 Å². The van der Waals surface area contributed by atoms with Crippen LogP contribution in [0.5, 0.6) is 0 Å². The minimum Gasteiger partial charge on any atom is -0.394 e. The van der Waals surface area contributed by atoms with Crippen molar-refractivity contribution in [3.63, 3.8) is 0 Å². The van der Waals surface area contributed by atoms with Crippen molar-refractivity contribution < 1.29 is 39.8 Å². The summed E-state index contributed by atoms with van der Waals surface area (Å²) in [6.07, 6.45) is 94.1. The van der Waals surface area contributed by atoms with Crippen molar-refractivity contribution >= 4 is 5.91 Å². The average Bonchev–Trinajstić information content (AvgIpc) is 3.66. The highest BCUT2D eigenvalue weighted by atomic mass is 16.7. The summed E-state index contributed by atoms with van der Waals surface area (Å²) in [5, 5.41) is 54.6. The number of nitrogens with one attached hydrogen (secondary N) is 1. The van der Waals surface area contributed by atoms with E-state index in [1.54, 1.807) is 6.08 Å². The van der Waals surface area contributed by atoms with Gasteiger partial charge in [-0.1, -0.05) is 273 Å². The largest absolute Gasteiger partial charge is 0.394 e. The summed E-state index contributed by atoms with van der Waals surface area (Å²) in [6, 6.07) is -0.867.